The number of esters is 1. The molecule has 15 heavy (non-hydrogen) atoms. The average molecular weight is 215 g/mol. The molecule has 0 amide bonds. The maximum atomic E-state index is 11.9. The number of carbonyl (C=O) groups is 1. The zero-order chi connectivity index (χ0) is 11.3. The van der Waals surface area contributed by atoms with Crippen LogP contribution in [0.4, 0.5) is 0 Å². The second-order valence-corrected chi connectivity index (χ2v) is 3.97. The van der Waals surface area contributed by atoms with Crippen molar-refractivity contribution < 1.29 is 14.3 Å². The SMILES string of the molecule is CCNC1(C(=O)OCC)CCOC(C)C1. The van der Waals surface area contributed by atoms with Gasteiger partial charge >= 0.3 is 5.97 Å². The van der Waals surface area contributed by atoms with E-state index < -0.39 is 5.54 Å². The van der Waals surface area contributed by atoms with Crippen LogP contribution in [0.1, 0.15) is 33.6 Å². The van der Waals surface area contributed by atoms with Gasteiger partial charge in [-0.25, -0.2) is 0 Å². The number of likely N-dealkylation sites (N-methyl/N-ethyl adjacent to an activating group) is 1. The van der Waals surface area contributed by atoms with Gasteiger partial charge in [-0.2, -0.15) is 0 Å². The van der Waals surface area contributed by atoms with Gasteiger partial charge in [-0.15, -0.1) is 0 Å². The summed E-state index contributed by atoms with van der Waals surface area (Å²) in [7, 11) is 0. The molecule has 1 heterocycles. The zero-order valence-corrected chi connectivity index (χ0v) is 9.84. The predicted octanol–water partition coefficient (Wildman–Crippen LogP) is 1.10. The molecule has 0 aromatic heterocycles. The van der Waals surface area contributed by atoms with Crippen molar-refractivity contribution in [3.8, 4) is 0 Å². The van der Waals surface area contributed by atoms with Gasteiger partial charge in [0.25, 0.3) is 0 Å². The average Bonchev–Trinajstić information content (AvgIpc) is 2.18. The molecule has 2 unspecified atom stereocenters. The van der Waals surface area contributed by atoms with Crippen LogP contribution in [0.5, 0.6) is 0 Å². The molecule has 4 nitrogen and oxygen atoms in total. The summed E-state index contributed by atoms with van der Waals surface area (Å²) in [6, 6.07) is 0. The quantitative estimate of drug-likeness (QED) is 0.713. The molecule has 0 bridgehead atoms. The van der Waals surface area contributed by atoms with Gasteiger partial charge in [0.1, 0.15) is 5.54 Å². The lowest BCUT2D eigenvalue weighted by atomic mass is 9.87. The maximum Gasteiger partial charge on any atom is 0.326 e. The Kier molecular flexibility index (Phi) is 4.54. The number of nitrogens with one attached hydrogen (secondary N) is 1. The van der Waals surface area contributed by atoms with Crippen molar-refractivity contribution in [2.75, 3.05) is 19.8 Å². The van der Waals surface area contributed by atoms with Gasteiger partial charge in [0.2, 0.25) is 0 Å². The number of hydrogen-bond donors (Lipinski definition) is 1. The first kappa shape index (κ1) is 12.5. The van der Waals surface area contributed by atoms with E-state index >= 15 is 0 Å². The second-order valence-electron chi connectivity index (χ2n) is 3.97. The van der Waals surface area contributed by atoms with Gasteiger partial charge in [0.15, 0.2) is 0 Å². The fourth-order valence-corrected chi connectivity index (χ4v) is 2.11. The molecule has 1 N–H and O–H groups in total. The van der Waals surface area contributed by atoms with Crippen LogP contribution in [0.3, 0.4) is 0 Å². The van der Waals surface area contributed by atoms with E-state index in [1.54, 1.807) is 0 Å². The molecule has 0 aromatic carbocycles. The highest BCUT2D eigenvalue weighted by atomic mass is 16.5. The van der Waals surface area contributed by atoms with E-state index in [1.165, 1.54) is 0 Å². The summed E-state index contributed by atoms with van der Waals surface area (Å²) in [5.41, 5.74) is -0.525. The van der Waals surface area contributed by atoms with Crippen molar-refractivity contribution in [3.05, 3.63) is 0 Å². The van der Waals surface area contributed by atoms with Crippen molar-refractivity contribution in [2.24, 2.45) is 0 Å². The van der Waals surface area contributed by atoms with Gasteiger partial charge in [0.05, 0.1) is 12.7 Å². The molecule has 1 aliphatic heterocycles. The summed E-state index contributed by atoms with van der Waals surface area (Å²) in [5.74, 6) is -0.137. The maximum absolute atomic E-state index is 11.9. The molecular weight excluding hydrogens is 194 g/mol. The minimum absolute atomic E-state index is 0.113. The van der Waals surface area contributed by atoms with Gasteiger partial charge in [-0.1, -0.05) is 6.92 Å². The predicted molar refractivity (Wildman–Crippen MR) is 57.7 cm³/mol. The summed E-state index contributed by atoms with van der Waals surface area (Å²) < 4.78 is 10.6. The highest BCUT2D eigenvalue weighted by Crippen LogP contribution is 2.26. The minimum Gasteiger partial charge on any atom is -0.465 e. The Balaban J connectivity index is 2.72. The van der Waals surface area contributed by atoms with E-state index in [0.29, 0.717) is 26.1 Å². The van der Waals surface area contributed by atoms with Crippen LogP contribution in [0.2, 0.25) is 0 Å². The van der Waals surface area contributed by atoms with Crippen molar-refractivity contribution in [3.63, 3.8) is 0 Å². The molecule has 0 aliphatic carbocycles. The third-order valence-corrected chi connectivity index (χ3v) is 2.75. The van der Waals surface area contributed by atoms with E-state index in [9.17, 15) is 4.79 Å². The Morgan fingerprint density at radius 3 is 2.87 bits per heavy atom. The molecule has 0 aromatic rings. The van der Waals surface area contributed by atoms with Crippen LogP contribution >= 0.6 is 0 Å². The molecular formula is C11H21NO3. The summed E-state index contributed by atoms with van der Waals surface area (Å²) in [6.45, 7) is 7.64. The standard InChI is InChI=1S/C11H21NO3/c1-4-12-11(10(13)14-5-2)6-7-15-9(3)8-11/h9,12H,4-8H2,1-3H3. The second kappa shape index (κ2) is 5.47. The summed E-state index contributed by atoms with van der Waals surface area (Å²) in [4.78, 5) is 11.9. The van der Waals surface area contributed by atoms with Gasteiger partial charge in [0, 0.05) is 13.0 Å². The van der Waals surface area contributed by atoms with E-state index in [-0.39, 0.29) is 12.1 Å². The number of ether oxygens (including phenoxy) is 2. The van der Waals surface area contributed by atoms with Crippen molar-refractivity contribution in [2.45, 2.75) is 45.3 Å². The fraction of sp³-hybridized carbons (Fsp3) is 0.909. The molecule has 4 heteroatoms. The lowest BCUT2D eigenvalue weighted by Crippen LogP contribution is -2.57. The normalized spacial score (nSPS) is 31.3. The monoisotopic (exact) mass is 215 g/mol. The largest absolute Gasteiger partial charge is 0.465 e. The molecule has 1 aliphatic rings. The Morgan fingerprint density at radius 1 is 1.60 bits per heavy atom. The topological polar surface area (TPSA) is 47.6 Å². The highest BCUT2D eigenvalue weighted by molar-refractivity contribution is 5.81. The van der Waals surface area contributed by atoms with E-state index in [0.717, 1.165) is 6.54 Å². The third-order valence-electron chi connectivity index (χ3n) is 2.75. The van der Waals surface area contributed by atoms with Gasteiger partial charge < -0.3 is 14.8 Å². The Bertz CT molecular complexity index is 216. The van der Waals surface area contributed by atoms with Crippen LogP contribution in [-0.2, 0) is 14.3 Å². The molecule has 2 atom stereocenters. The van der Waals surface area contributed by atoms with Crippen LogP contribution in [0.15, 0.2) is 0 Å². The summed E-state index contributed by atoms with van der Waals surface area (Å²) in [6.07, 6.45) is 1.51. The molecule has 0 radical (unpaired) electrons. The molecule has 1 rings (SSSR count). The smallest absolute Gasteiger partial charge is 0.326 e. The van der Waals surface area contributed by atoms with E-state index in [2.05, 4.69) is 5.32 Å². The molecule has 0 saturated carbocycles. The van der Waals surface area contributed by atoms with Crippen LogP contribution in [0.25, 0.3) is 0 Å². The van der Waals surface area contributed by atoms with Crippen molar-refractivity contribution in [1.82, 2.24) is 5.32 Å². The first-order chi connectivity index (χ1) is 7.14. The van der Waals surface area contributed by atoms with E-state index in [4.69, 9.17) is 9.47 Å². The molecule has 1 fully saturated rings. The van der Waals surface area contributed by atoms with Gasteiger partial charge in [-0.05, 0) is 26.8 Å². The first-order valence-electron chi connectivity index (χ1n) is 5.68. The number of carbonyl (C=O) groups excluding carboxylic acids is 1. The summed E-state index contributed by atoms with van der Waals surface area (Å²) >= 11 is 0. The van der Waals surface area contributed by atoms with Crippen molar-refractivity contribution in [1.29, 1.82) is 0 Å². The van der Waals surface area contributed by atoms with Crippen LogP contribution < -0.4 is 5.32 Å². The Morgan fingerprint density at radius 2 is 2.33 bits per heavy atom. The van der Waals surface area contributed by atoms with Gasteiger partial charge in [-0.3, -0.25) is 4.79 Å². The van der Waals surface area contributed by atoms with E-state index in [1.807, 2.05) is 20.8 Å². The number of rotatable bonds is 4. The lowest BCUT2D eigenvalue weighted by Gasteiger charge is -2.38. The fourth-order valence-electron chi connectivity index (χ4n) is 2.11. The molecule has 1 saturated heterocycles. The minimum atomic E-state index is -0.525. The third kappa shape index (κ3) is 2.92. The first-order valence-corrected chi connectivity index (χ1v) is 5.68. The Hall–Kier alpha value is -0.610. The zero-order valence-electron chi connectivity index (χ0n) is 9.84. The highest BCUT2D eigenvalue weighted by Gasteiger charge is 2.42. The Labute approximate surface area is 91.3 Å². The number of hydrogen-bond acceptors (Lipinski definition) is 4. The summed E-state index contributed by atoms with van der Waals surface area (Å²) in [5, 5.41) is 3.26. The van der Waals surface area contributed by atoms with Crippen LogP contribution in [-0.4, -0.2) is 37.4 Å². The van der Waals surface area contributed by atoms with Crippen molar-refractivity contribution >= 4 is 5.97 Å². The molecule has 88 valence electrons. The lowest BCUT2D eigenvalue weighted by molar-refractivity contribution is -0.157. The molecule has 0 spiro atoms. The van der Waals surface area contributed by atoms with Crippen LogP contribution in [0, 0.1) is 0 Å².